The molecule has 1 saturated heterocycles. The number of hydrogen-bond acceptors (Lipinski definition) is 6. The fourth-order valence-corrected chi connectivity index (χ4v) is 2.68. The zero-order valence-electron chi connectivity index (χ0n) is 16.9. The fourth-order valence-electron chi connectivity index (χ4n) is 2.68. The molecule has 1 aliphatic rings. The Balaban J connectivity index is 2.83. The second-order valence-corrected chi connectivity index (χ2v) is 8.43. The Hall–Kier alpha value is -1.99. The standard InChI is InChI=1S/C18H32N2O6/c1-17(2,3)25-15(22)19-13-9-11-20(16(23)26-18(4,5)6)10-8-12(13)14(21)24-7/h12-13H,8-11H2,1-7H3,(H,19,22). The molecule has 0 aliphatic carbocycles. The lowest BCUT2D eigenvalue weighted by Gasteiger charge is -2.26. The number of methoxy groups -OCH3 is 1. The molecule has 0 spiro atoms. The van der Waals surface area contributed by atoms with Crippen molar-refractivity contribution in [3.05, 3.63) is 0 Å². The summed E-state index contributed by atoms with van der Waals surface area (Å²) in [4.78, 5) is 38.1. The first-order chi connectivity index (χ1) is 11.8. The van der Waals surface area contributed by atoms with Gasteiger partial charge in [0.2, 0.25) is 0 Å². The first-order valence-electron chi connectivity index (χ1n) is 8.87. The van der Waals surface area contributed by atoms with Crippen molar-refractivity contribution < 1.29 is 28.6 Å². The van der Waals surface area contributed by atoms with Gasteiger partial charge in [-0.15, -0.1) is 0 Å². The van der Waals surface area contributed by atoms with Gasteiger partial charge in [0.05, 0.1) is 13.0 Å². The summed E-state index contributed by atoms with van der Waals surface area (Å²) in [5, 5.41) is 2.75. The maximum absolute atomic E-state index is 12.3. The molecule has 1 rings (SSSR count). The van der Waals surface area contributed by atoms with Crippen LogP contribution in [0.2, 0.25) is 0 Å². The molecule has 0 aromatic carbocycles. The third kappa shape index (κ3) is 7.49. The first kappa shape index (κ1) is 22.1. The Morgan fingerprint density at radius 1 is 0.923 bits per heavy atom. The maximum Gasteiger partial charge on any atom is 0.410 e. The zero-order chi connectivity index (χ0) is 20.1. The Morgan fingerprint density at radius 2 is 1.46 bits per heavy atom. The number of alkyl carbamates (subject to hydrolysis) is 1. The second-order valence-electron chi connectivity index (χ2n) is 8.43. The van der Waals surface area contributed by atoms with E-state index in [2.05, 4.69) is 5.32 Å². The lowest BCUT2D eigenvalue weighted by molar-refractivity contribution is -0.146. The van der Waals surface area contributed by atoms with Crippen LogP contribution in [-0.2, 0) is 19.0 Å². The van der Waals surface area contributed by atoms with Gasteiger partial charge in [-0.3, -0.25) is 4.79 Å². The van der Waals surface area contributed by atoms with E-state index in [9.17, 15) is 14.4 Å². The van der Waals surface area contributed by atoms with Crippen LogP contribution in [0.4, 0.5) is 9.59 Å². The van der Waals surface area contributed by atoms with Gasteiger partial charge in [0.25, 0.3) is 0 Å². The van der Waals surface area contributed by atoms with E-state index in [1.165, 1.54) is 7.11 Å². The van der Waals surface area contributed by atoms with Crippen molar-refractivity contribution in [2.24, 2.45) is 5.92 Å². The van der Waals surface area contributed by atoms with E-state index in [0.717, 1.165) is 0 Å². The topological polar surface area (TPSA) is 94.2 Å². The van der Waals surface area contributed by atoms with Crippen molar-refractivity contribution in [3.8, 4) is 0 Å². The van der Waals surface area contributed by atoms with Crippen LogP contribution in [0.15, 0.2) is 0 Å². The van der Waals surface area contributed by atoms with E-state index < -0.39 is 41.3 Å². The molecule has 1 aliphatic heterocycles. The molecule has 1 N–H and O–H groups in total. The molecule has 2 amide bonds. The van der Waals surface area contributed by atoms with Crippen molar-refractivity contribution in [1.82, 2.24) is 10.2 Å². The summed E-state index contributed by atoms with van der Waals surface area (Å²) in [7, 11) is 1.31. The maximum atomic E-state index is 12.3. The summed E-state index contributed by atoms with van der Waals surface area (Å²) >= 11 is 0. The highest BCUT2D eigenvalue weighted by atomic mass is 16.6. The number of esters is 1. The van der Waals surface area contributed by atoms with Crippen LogP contribution in [0.3, 0.4) is 0 Å². The molecule has 2 unspecified atom stereocenters. The third-order valence-corrected chi connectivity index (χ3v) is 3.76. The molecule has 1 heterocycles. The van der Waals surface area contributed by atoms with E-state index >= 15 is 0 Å². The van der Waals surface area contributed by atoms with Crippen LogP contribution in [0.25, 0.3) is 0 Å². The average Bonchev–Trinajstić information content (AvgIpc) is 2.65. The highest BCUT2D eigenvalue weighted by Gasteiger charge is 2.36. The predicted molar refractivity (Wildman–Crippen MR) is 95.7 cm³/mol. The minimum atomic E-state index is -0.641. The van der Waals surface area contributed by atoms with Gasteiger partial charge in [-0.25, -0.2) is 9.59 Å². The number of ether oxygens (including phenoxy) is 3. The van der Waals surface area contributed by atoms with Crippen molar-refractivity contribution in [2.75, 3.05) is 20.2 Å². The summed E-state index contributed by atoms with van der Waals surface area (Å²) in [6.45, 7) is 11.4. The number of carbonyl (C=O) groups excluding carboxylic acids is 3. The molecule has 26 heavy (non-hydrogen) atoms. The van der Waals surface area contributed by atoms with Gasteiger partial charge in [0, 0.05) is 19.1 Å². The minimum absolute atomic E-state index is 0.348. The van der Waals surface area contributed by atoms with Crippen LogP contribution in [0.1, 0.15) is 54.4 Å². The lowest BCUT2D eigenvalue weighted by atomic mass is 9.95. The molecule has 150 valence electrons. The van der Waals surface area contributed by atoms with Gasteiger partial charge in [0.1, 0.15) is 11.2 Å². The van der Waals surface area contributed by atoms with Gasteiger partial charge < -0.3 is 24.4 Å². The van der Waals surface area contributed by atoms with Crippen LogP contribution >= 0.6 is 0 Å². The Kier molecular flexibility index (Phi) is 7.29. The van der Waals surface area contributed by atoms with Crippen LogP contribution in [0.5, 0.6) is 0 Å². The smallest absolute Gasteiger partial charge is 0.410 e. The van der Waals surface area contributed by atoms with Crippen LogP contribution < -0.4 is 5.32 Å². The largest absolute Gasteiger partial charge is 0.469 e. The highest BCUT2D eigenvalue weighted by Crippen LogP contribution is 2.22. The van der Waals surface area contributed by atoms with E-state index in [1.807, 2.05) is 0 Å². The number of hydrogen-bond donors (Lipinski definition) is 1. The van der Waals surface area contributed by atoms with Crippen LogP contribution in [-0.4, -0.2) is 60.5 Å². The molecule has 8 heteroatoms. The molecule has 0 saturated carbocycles. The molecule has 0 aromatic heterocycles. The lowest BCUT2D eigenvalue weighted by Crippen LogP contribution is -2.45. The molecule has 0 bridgehead atoms. The van der Waals surface area contributed by atoms with Gasteiger partial charge in [-0.05, 0) is 54.4 Å². The molecule has 2 atom stereocenters. The monoisotopic (exact) mass is 372 g/mol. The second kappa shape index (κ2) is 8.60. The number of nitrogens with zero attached hydrogens (tertiary/aromatic N) is 1. The van der Waals surface area contributed by atoms with Gasteiger partial charge in [-0.2, -0.15) is 0 Å². The number of carbonyl (C=O) groups is 3. The molecule has 0 aromatic rings. The zero-order valence-corrected chi connectivity index (χ0v) is 16.9. The van der Waals surface area contributed by atoms with Gasteiger partial charge in [-0.1, -0.05) is 0 Å². The summed E-state index contributed by atoms with van der Waals surface area (Å²) < 4.78 is 15.5. The molecular formula is C18H32N2O6. The molecule has 0 radical (unpaired) electrons. The molecule has 8 nitrogen and oxygen atoms in total. The Bertz CT molecular complexity index is 521. The predicted octanol–water partition coefficient (Wildman–Crippen LogP) is 2.70. The van der Waals surface area contributed by atoms with Crippen molar-refractivity contribution in [1.29, 1.82) is 0 Å². The first-order valence-corrected chi connectivity index (χ1v) is 8.87. The van der Waals surface area contributed by atoms with Crippen molar-refractivity contribution in [2.45, 2.75) is 71.6 Å². The van der Waals surface area contributed by atoms with Crippen molar-refractivity contribution in [3.63, 3.8) is 0 Å². The summed E-state index contributed by atoms with van der Waals surface area (Å²) in [5.74, 6) is -0.975. The number of likely N-dealkylation sites (tertiary alicyclic amines) is 1. The number of amides is 2. The van der Waals surface area contributed by atoms with Gasteiger partial charge >= 0.3 is 18.2 Å². The van der Waals surface area contributed by atoms with E-state index in [4.69, 9.17) is 14.2 Å². The summed E-state index contributed by atoms with van der Waals surface area (Å²) in [6, 6.07) is -0.482. The third-order valence-electron chi connectivity index (χ3n) is 3.76. The quantitative estimate of drug-likeness (QED) is 0.592. The summed E-state index contributed by atoms with van der Waals surface area (Å²) in [6.07, 6.45) is -0.258. The molecular weight excluding hydrogens is 340 g/mol. The van der Waals surface area contributed by atoms with Gasteiger partial charge in [0.15, 0.2) is 0 Å². The average molecular weight is 372 g/mol. The minimum Gasteiger partial charge on any atom is -0.469 e. The van der Waals surface area contributed by atoms with Crippen molar-refractivity contribution >= 4 is 18.2 Å². The SMILES string of the molecule is COC(=O)C1CCN(C(=O)OC(C)(C)C)CCC1NC(=O)OC(C)(C)C. The van der Waals surface area contributed by atoms with Crippen LogP contribution in [0, 0.1) is 5.92 Å². The Labute approximate surface area is 155 Å². The normalized spacial score (nSPS) is 21.4. The summed E-state index contributed by atoms with van der Waals surface area (Å²) in [5.41, 5.74) is -1.24. The Morgan fingerprint density at radius 3 is 1.96 bits per heavy atom. The number of nitrogens with one attached hydrogen (secondary N) is 1. The molecule has 1 fully saturated rings. The number of rotatable bonds is 2. The van der Waals surface area contributed by atoms with E-state index in [0.29, 0.717) is 25.9 Å². The van der Waals surface area contributed by atoms with E-state index in [1.54, 1.807) is 46.4 Å². The fraction of sp³-hybridized carbons (Fsp3) is 0.833. The van der Waals surface area contributed by atoms with E-state index in [-0.39, 0.29) is 0 Å². The highest BCUT2D eigenvalue weighted by molar-refractivity contribution is 5.75.